The molecule has 108 valence electrons. The third-order valence-electron chi connectivity index (χ3n) is 3.67. The van der Waals surface area contributed by atoms with E-state index in [4.69, 9.17) is 4.74 Å². The Morgan fingerprint density at radius 1 is 1.60 bits per heavy atom. The molecule has 2 rings (SSSR count). The van der Waals surface area contributed by atoms with Crippen molar-refractivity contribution in [2.24, 2.45) is 5.92 Å². The van der Waals surface area contributed by atoms with Crippen molar-refractivity contribution in [3.63, 3.8) is 0 Å². The van der Waals surface area contributed by atoms with Crippen molar-refractivity contribution >= 4 is 6.03 Å². The van der Waals surface area contributed by atoms with E-state index in [2.05, 4.69) is 11.9 Å². The largest absolute Gasteiger partial charge is 0.497 e. The van der Waals surface area contributed by atoms with E-state index in [1.807, 2.05) is 35.2 Å². The summed E-state index contributed by atoms with van der Waals surface area (Å²) in [6, 6.07) is 7.94. The molecule has 1 fully saturated rings. The van der Waals surface area contributed by atoms with Crippen LogP contribution in [0.5, 0.6) is 5.75 Å². The summed E-state index contributed by atoms with van der Waals surface area (Å²) in [5, 5.41) is 2.97. The Bertz CT molecular complexity index is 473. The number of benzene rings is 1. The number of ether oxygens (including phenoxy) is 1. The van der Waals surface area contributed by atoms with Crippen LogP contribution >= 0.6 is 0 Å². The summed E-state index contributed by atoms with van der Waals surface area (Å²) in [6.45, 7) is 6.03. The van der Waals surface area contributed by atoms with Gasteiger partial charge in [0, 0.05) is 19.6 Å². The van der Waals surface area contributed by atoms with E-state index in [0.717, 1.165) is 37.2 Å². The summed E-state index contributed by atoms with van der Waals surface area (Å²) in [5.74, 6) is 1.29. The zero-order chi connectivity index (χ0) is 14.4. The Morgan fingerprint density at radius 2 is 2.45 bits per heavy atom. The average molecular weight is 274 g/mol. The fourth-order valence-electron chi connectivity index (χ4n) is 2.42. The molecule has 0 saturated carbocycles. The SMILES string of the molecule is C=C[C@H]1CCN(C(=O)NCCc2cccc(OC)c2)C1. The van der Waals surface area contributed by atoms with Gasteiger partial charge in [0.05, 0.1) is 7.11 Å². The maximum absolute atomic E-state index is 12.0. The molecule has 1 aromatic rings. The van der Waals surface area contributed by atoms with Crippen LogP contribution in [-0.4, -0.2) is 37.7 Å². The van der Waals surface area contributed by atoms with Crippen molar-refractivity contribution in [1.82, 2.24) is 10.2 Å². The topological polar surface area (TPSA) is 41.6 Å². The monoisotopic (exact) mass is 274 g/mol. The number of carbonyl (C=O) groups excluding carboxylic acids is 1. The molecular weight excluding hydrogens is 252 g/mol. The first-order valence-electron chi connectivity index (χ1n) is 7.01. The summed E-state index contributed by atoms with van der Waals surface area (Å²) in [4.78, 5) is 13.8. The molecule has 1 aliphatic rings. The first-order valence-corrected chi connectivity index (χ1v) is 7.01. The van der Waals surface area contributed by atoms with Crippen molar-refractivity contribution in [2.45, 2.75) is 12.8 Å². The second-order valence-corrected chi connectivity index (χ2v) is 5.06. The van der Waals surface area contributed by atoms with E-state index < -0.39 is 0 Å². The molecule has 2 amide bonds. The number of rotatable bonds is 5. The standard InChI is InChI=1S/C16H22N2O2/c1-3-13-8-10-18(12-13)16(19)17-9-7-14-5-4-6-15(11-14)20-2/h3-6,11,13H,1,7-10,12H2,2H3,(H,17,19)/t13-/m0/s1. The molecule has 0 unspecified atom stereocenters. The molecule has 4 heteroatoms. The highest BCUT2D eigenvalue weighted by Crippen LogP contribution is 2.16. The van der Waals surface area contributed by atoms with Gasteiger partial charge in [-0.2, -0.15) is 0 Å². The second kappa shape index (κ2) is 6.98. The van der Waals surface area contributed by atoms with E-state index in [9.17, 15) is 4.79 Å². The minimum absolute atomic E-state index is 0.0252. The maximum atomic E-state index is 12.0. The lowest BCUT2D eigenvalue weighted by atomic mass is 10.1. The molecule has 0 bridgehead atoms. The molecule has 4 nitrogen and oxygen atoms in total. The van der Waals surface area contributed by atoms with Gasteiger partial charge in [-0.25, -0.2) is 4.79 Å². The molecule has 20 heavy (non-hydrogen) atoms. The molecule has 1 atom stereocenters. The van der Waals surface area contributed by atoms with Crippen LogP contribution in [0.2, 0.25) is 0 Å². The fraction of sp³-hybridized carbons (Fsp3) is 0.438. The Hall–Kier alpha value is -1.97. The first kappa shape index (κ1) is 14.4. The van der Waals surface area contributed by atoms with Crippen LogP contribution in [-0.2, 0) is 6.42 Å². The van der Waals surface area contributed by atoms with Gasteiger partial charge >= 0.3 is 6.03 Å². The fourth-order valence-corrected chi connectivity index (χ4v) is 2.42. The number of carbonyl (C=O) groups is 1. The number of nitrogens with zero attached hydrogens (tertiary/aromatic N) is 1. The van der Waals surface area contributed by atoms with Crippen LogP contribution in [0.1, 0.15) is 12.0 Å². The van der Waals surface area contributed by atoms with Gasteiger partial charge in [0.15, 0.2) is 0 Å². The summed E-state index contributed by atoms with van der Waals surface area (Å²) in [5.41, 5.74) is 1.16. The van der Waals surface area contributed by atoms with Crippen LogP contribution in [0.25, 0.3) is 0 Å². The van der Waals surface area contributed by atoms with E-state index in [1.54, 1.807) is 7.11 Å². The number of amides is 2. The Balaban J connectivity index is 1.75. The summed E-state index contributed by atoms with van der Waals surface area (Å²) >= 11 is 0. The van der Waals surface area contributed by atoms with Gasteiger partial charge in [0.25, 0.3) is 0 Å². The molecule has 0 radical (unpaired) electrons. The molecule has 1 N–H and O–H groups in total. The molecule has 1 aliphatic heterocycles. The molecule has 1 aromatic carbocycles. The van der Waals surface area contributed by atoms with Crippen LogP contribution in [0.15, 0.2) is 36.9 Å². The van der Waals surface area contributed by atoms with Crippen LogP contribution in [0, 0.1) is 5.92 Å². The minimum atomic E-state index is 0.0252. The van der Waals surface area contributed by atoms with Crippen molar-refractivity contribution in [1.29, 1.82) is 0 Å². The van der Waals surface area contributed by atoms with Crippen molar-refractivity contribution in [3.05, 3.63) is 42.5 Å². The predicted molar refractivity (Wildman–Crippen MR) is 80.0 cm³/mol. The summed E-state index contributed by atoms with van der Waals surface area (Å²) in [6.07, 6.45) is 3.76. The van der Waals surface area contributed by atoms with Gasteiger partial charge < -0.3 is 15.0 Å². The lowest BCUT2D eigenvalue weighted by Gasteiger charge is -2.16. The van der Waals surface area contributed by atoms with Crippen molar-refractivity contribution in [3.8, 4) is 5.75 Å². The Kier molecular flexibility index (Phi) is 5.04. The van der Waals surface area contributed by atoms with E-state index >= 15 is 0 Å². The zero-order valence-corrected chi connectivity index (χ0v) is 12.0. The highest BCUT2D eigenvalue weighted by atomic mass is 16.5. The van der Waals surface area contributed by atoms with Crippen LogP contribution < -0.4 is 10.1 Å². The molecule has 1 saturated heterocycles. The molecular formula is C16H22N2O2. The number of likely N-dealkylation sites (tertiary alicyclic amines) is 1. The molecule has 0 spiro atoms. The Morgan fingerprint density at radius 3 is 3.15 bits per heavy atom. The number of urea groups is 1. The summed E-state index contributed by atoms with van der Waals surface area (Å²) < 4.78 is 5.18. The number of hydrogen-bond acceptors (Lipinski definition) is 2. The lowest BCUT2D eigenvalue weighted by molar-refractivity contribution is 0.208. The van der Waals surface area contributed by atoms with Gasteiger partial charge in [-0.1, -0.05) is 18.2 Å². The second-order valence-electron chi connectivity index (χ2n) is 5.06. The minimum Gasteiger partial charge on any atom is -0.497 e. The van der Waals surface area contributed by atoms with E-state index in [1.165, 1.54) is 0 Å². The predicted octanol–water partition coefficient (Wildman–Crippen LogP) is 2.46. The lowest BCUT2D eigenvalue weighted by Crippen LogP contribution is -2.39. The highest BCUT2D eigenvalue weighted by molar-refractivity contribution is 5.74. The highest BCUT2D eigenvalue weighted by Gasteiger charge is 2.23. The number of hydrogen-bond donors (Lipinski definition) is 1. The quantitative estimate of drug-likeness (QED) is 0.838. The van der Waals surface area contributed by atoms with E-state index in [-0.39, 0.29) is 6.03 Å². The number of methoxy groups -OCH3 is 1. The normalized spacial score (nSPS) is 17.9. The van der Waals surface area contributed by atoms with Gasteiger partial charge in [0.2, 0.25) is 0 Å². The molecule has 1 heterocycles. The maximum Gasteiger partial charge on any atom is 0.317 e. The van der Waals surface area contributed by atoms with Crippen LogP contribution in [0.4, 0.5) is 4.79 Å². The average Bonchev–Trinajstić information content (AvgIpc) is 2.96. The summed E-state index contributed by atoms with van der Waals surface area (Å²) in [7, 11) is 1.66. The molecule has 0 aromatic heterocycles. The Labute approximate surface area is 120 Å². The van der Waals surface area contributed by atoms with Crippen LogP contribution in [0.3, 0.4) is 0 Å². The van der Waals surface area contributed by atoms with Gasteiger partial charge in [-0.05, 0) is 36.5 Å². The van der Waals surface area contributed by atoms with Crippen molar-refractivity contribution < 1.29 is 9.53 Å². The third kappa shape index (κ3) is 3.76. The van der Waals surface area contributed by atoms with Gasteiger partial charge in [-0.15, -0.1) is 6.58 Å². The van der Waals surface area contributed by atoms with E-state index in [0.29, 0.717) is 12.5 Å². The molecule has 0 aliphatic carbocycles. The first-order chi connectivity index (χ1) is 9.72. The zero-order valence-electron chi connectivity index (χ0n) is 12.0. The smallest absolute Gasteiger partial charge is 0.317 e. The number of nitrogens with one attached hydrogen (secondary N) is 1. The van der Waals surface area contributed by atoms with Gasteiger partial charge in [-0.3, -0.25) is 0 Å². The van der Waals surface area contributed by atoms with Gasteiger partial charge in [0.1, 0.15) is 5.75 Å². The third-order valence-corrected chi connectivity index (χ3v) is 3.67. The van der Waals surface area contributed by atoms with Crippen molar-refractivity contribution in [2.75, 3.05) is 26.7 Å².